The normalized spacial score (nSPS) is 20.5. The molecule has 3 heterocycles. The standard InChI is InChI=1S/C24H25N3O5S2/c28-24-22(25-33(29,30)17-18-7-3-1-4-8-18)11-12-23-20-13-19(15-27(23)24)14-26(16-20)34(31,32)21-9-5-2-6-10-21/h1-12,19-20,25H,13-17H2/t19-,20-/m1/s1. The van der Waals surface area contributed by atoms with Gasteiger partial charge in [-0.05, 0) is 42.2 Å². The van der Waals surface area contributed by atoms with Crippen molar-refractivity contribution in [2.75, 3.05) is 17.8 Å². The molecule has 2 aliphatic rings. The second-order valence-corrected chi connectivity index (χ2v) is 12.5. The van der Waals surface area contributed by atoms with E-state index in [0.717, 1.165) is 12.1 Å². The number of piperidine rings is 1. The largest absolute Gasteiger partial charge is 0.310 e. The van der Waals surface area contributed by atoms with Gasteiger partial charge in [0.1, 0.15) is 5.69 Å². The maximum atomic E-state index is 13.2. The molecule has 0 aliphatic carbocycles. The molecule has 0 spiro atoms. The zero-order valence-corrected chi connectivity index (χ0v) is 20.0. The number of hydrogen-bond donors (Lipinski definition) is 1. The number of nitrogens with one attached hydrogen (secondary N) is 1. The van der Waals surface area contributed by atoms with Crippen molar-refractivity contribution in [3.05, 3.63) is 94.4 Å². The van der Waals surface area contributed by atoms with E-state index in [4.69, 9.17) is 0 Å². The number of rotatable bonds is 6. The maximum Gasteiger partial charge on any atom is 0.275 e. The van der Waals surface area contributed by atoms with Gasteiger partial charge in [-0.25, -0.2) is 16.8 Å². The lowest BCUT2D eigenvalue weighted by Crippen LogP contribution is -2.49. The summed E-state index contributed by atoms with van der Waals surface area (Å²) in [6, 6.07) is 20.4. The molecular weight excluding hydrogens is 474 g/mol. The molecular formula is C24H25N3O5S2. The first-order valence-corrected chi connectivity index (χ1v) is 14.2. The molecule has 2 atom stereocenters. The molecule has 1 aromatic heterocycles. The Labute approximate surface area is 199 Å². The highest BCUT2D eigenvalue weighted by atomic mass is 32.2. The quantitative estimate of drug-likeness (QED) is 0.561. The van der Waals surface area contributed by atoms with E-state index in [9.17, 15) is 21.6 Å². The molecule has 2 aliphatic heterocycles. The molecule has 10 heteroatoms. The van der Waals surface area contributed by atoms with Gasteiger partial charge in [0.05, 0.1) is 10.6 Å². The first-order chi connectivity index (χ1) is 16.2. The molecule has 1 fully saturated rings. The van der Waals surface area contributed by atoms with Crippen molar-refractivity contribution >= 4 is 25.7 Å². The summed E-state index contributed by atoms with van der Waals surface area (Å²) in [6.45, 7) is 0.954. The lowest BCUT2D eigenvalue weighted by molar-refractivity contribution is 0.186. The molecule has 0 radical (unpaired) electrons. The highest BCUT2D eigenvalue weighted by Crippen LogP contribution is 2.37. The second kappa shape index (κ2) is 8.68. The molecule has 178 valence electrons. The molecule has 0 amide bonds. The lowest BCUT2D eigenvalue weighted by atomic mass is 9.84. The first-order valence-electron chi connectivity index (χ1n) is 11.1. The first kappa shape index (κ1) is 22.8. The number of anilines is 1. The van der Waals surface area contributed by atoms with Gasteiger partial charge in [0.15, 0.2) is 0 Å². The van der Waals surface area contributed by atoms with Gasteiger partial charge in [0.25, 0.3) is 5.56 Å². The topological polar surface area (TPSA) is 106 Å². The number of hydrogen-bond acceptors (Lipinski definition) is 5. The van der Waals surface area contributed by atoms with Crippen molar-refractivity contribution in [2.45, 2.75) is 29.5 Å². The summed E-state index contributed by atoms with van der Waals surface area (Å²) in [5.74, 6) is -0.390. The maximum absolute atomic E-state index is 13.2. The minimum atomic E-state index is -3.76. The van der Waals surface area contributed by atoms with E-state index < -0.39 is 25.6 Å². The van der Waals surface area contributed by atoms with Gasteiger partial charge in [-0.2, -0.15) is 4.31 Å². The third-order valence-electron chi connectivity index (χ3n) is 6.42. The Morgan fingerprint density at radius 2 is 1.50 bits per heavy atom. The van der Waals surface area contributed by atoms with Crippen molar-refractivity contribution < 1.29 is 16.8 Å². The Bertz CT molecular complexity index is 1470. The summed E-state index contributed by atoms with van der Waals surface area (Å²) in [4.78, 5) is 13.4. The van der Waals surface area contributed by atoms with Crippen LogP contribution in [0, 0.1) is 5.92 Å². The fraction of sp³-hybridized carbons (Fsp3) is 0.292. The van der Waals surface area contributed by atoms with Crippen molar-refractivity contribution in [3.63, 3.8) is 0 Å². The van der Waals surface area contributed by atoms with Crippen molar-refractivity contribution in [1.29, 1.82) is 0 Å². The summed E-state index contributed by atoms with van der Waals surface area (Å²) in [5, 5.41) is 0. The summed E-state index contributed by atoms with van der Waals surface area (Å²) in [5.41, 5.74) is 0.971. The molecule has 0 unspecified atom stereocenters. The molecule has 3 aromatic rings. The van der Waals surface area contributed by atoms with Crippen molar-refractivity contribution in [2.24, 2.45) is 5.92 Å². The summed E-state index contributed by atoms with van der Waals surface area (Å²) in [6.07, 6.45) is 0.791. The SMILES string of the molecule is O=c1c(NS(=O)(=O)Cc2ccccc2)ccc2n1C[C@@H]1C[C@@H]2CN(S(=O)(=O)c2ccccc2)C1. The Morgan fingerprint density at radius 1 is 0.824 bits per heavy atom. The zero-order valence-electron chi connectivity index (χ0n) is 18.4. The Morgan fingerprint density at radius 3 is 2.21 bits per heavy atom. The van der Waals surface area contributed by atoms with Crippen LogP contribution in [-0.2, 0) is 32.3 Å². The average molecular weight is 500 g/mol. The predicted molar refractivity (Wildman–Crippen MR) is 129 cm³/mol. The number of sulfonamides is 2. The van der Waals surface area contributed by atoms with E-state index in [2.05, 4.69) is 4.72 Å². The van der Waals surface area contributed by atoms with Gasteiger partial charge in [-0.1, -0.05) is 48.5 Å². The van der Waals surface area contributed by atoms with Gasteiger partial charge in [0.2, 0.25) is 20.0 Å². The minimum Gasteiger partial charge on any atom is -0.310 e. The Balaban J connectivity index is 1.40. The number of nitrogens with zero attached hydrogens (tertiary/aromatic N) is 2. The van der Waals surface area contributed by atoms with Crippen LogP contribution in [0.4, 0.5) is 5.69 Å². The molecule has 1 saturated heterocycles. The predicted octanol–water partition coefficient (Wildman–Crippen LogP) is 2.60. The van der Waals surface area contributed by atoms with Crippen LogP contribution in [0.2, 0.25) is 0 Å². The highest BCUT2D eigenvalue weighted by Gasteiger charge is 2.39. The van der Waals surface area contributed by atoms with Gasteiger partial charge in [-0.15, -0.1) is 0 Å². The van der Waals surface area contributed by atoms with Gasteiger partial charge in [-0.3, -0.25) is 9.52 Å². The van der Waals surface area contributed by atoms with Crippen LogP contribution < -0.4 is 10.3 Å². The smallest absolute Gasteiger partial charge is 0.275 e. The molecule has 8 nitrogen and oxygen atoms in total. The van der Waals surface area contributed by atoms with E-state index >= 15 is 0 Å². The average Bonchev–Trinajstić information content (AvgIpc) is 2.82. The zero-order chi connectivity index (χ0) is 23.9. The number of benzene rings is 2. The van der Waals surface area contributed by atoms with Crippen molar-refractivity contribution in [3.8, 4) is 0 Å². The monoisotopic (exact) mass is 499 g/mol. The number of pyridine rings is 1. The minimum absolute atomic E-state index is 0.00779. The number of aromatic nitrogens is 1. The van der Waals surface area contributed by atoms with Crippen LogP contribution in [0.5, 0.6) is 0 Å². The Hall–Kier alpha value is -2.95. The summed E-state index contributed by atoms with van der Waals surface area (Å²) >= 11 is 0. The van der Waals surface area contributed by atoms with Crippen LogP contribution in [0.1, 0.15) is 23.6 Å². The molecule has 5 rings (SSSR count). The molecule has 2 aromatic carbocycles. The van der Waals surface area contributed by atoms with E-state index in [1.165, 1.54) is 10.4 Å². The number of fused-ring (bicyclic) bond motifs is 4. The second-order valence-electron chi connectivity index (χ2n) is 8.87. The lowest BCUT2D eigenvalue weighted by Gasteiger charge is -2.42. The van der Waals surface area contributed by atoms with Gasteiger partial charge in [0, 0.05) is 31.2 Å². The van der Waals surface area contributed by atoms with Crippen LogP contribution >= 0.6 is 0 Å². The van der Waals surface area contributed by atoms with E-state index in [-0.39, 0.29) is 34.7 Å². The van der Waals surface area contributed by atoms with E-state index in [0.29, 0.717) is 18.7 Å². The molecule has 1 N–H and O–H groups in total. The van der Waals surface area contributed by atoms with Gasteiger partial charge < -0.3 is 4.57 Å². The summed E-state index contributed by atoms with van der Waals surface area (Å²) in [7, 11) is -7.39. The summed E-state index contributed by atoms with van der Waals surface area (Å²) < 4.78 is 57.1. The van der Waals surface area contributed by atoms with E-state index in [1.54, 1.807) is 65.2 Å². The van der Waals surface area contributed by atoms with Crippen LogP contribution in [0.25, 0.3) is 0 Å². The Kier molecular flexibility index (Phi) is 5.83. The molecule has 2 bridgehead atoms. The third-order valence-corrected chi connectivity index (χ3v) is 9.51. The molecule has 34 heavy (non-hydrogen) atoms. The fourth-order valence-electron chi connectivity index (χ4n) is 4.91. The highest BCUT2D eigenvalue weighted by molar-refractivity contribution is 7.91. The van der Waals surface area contributed by atoms with E-state index in [1.807, 2.05) is 6.07 Å². The fourth-order valence-corrected chi connectivity index (χ4v) is 7.69. The van der Waals surface area contributed by atoms with Gasteiger partial charge >= 0.3 is 0 Å². The molecule has 0 saturated carbocycles. The third kappa shape index (κ3) is 4.40. The van der Waals surface area contributed by atoms with Crippen LogP contribution in [-0.4, -0.2) is 38.8 Å². The van der Waals surface area contributed by atoms with Crippen LogP contribution in [0.3, 0.4) is 0 Å². The van der Waals surface area contributed by atoms with Crippen molar-refractivity contribution in [1.82, 2.24) is 8.87 Å². The van der Waals surface area contributed by atoms with Crippen LogP contribution in [0.15, 0.2) is 82.5 Å².